The highest BCUT2D eigenvalue weighted by Crippen LogP contribution is 2.39. The minimum Gasteiger partial charge on any atom is -0.492 e. The van der Waals surface area contributed by atoms with Crippen molar-refractivity contribution in [1.82, 2.24) is 4.98 Å². The molecule has 3 aromatic rings. The highest BCUT2D eigenvalue weighted by molar-refractivity contribution is 7.87. The van der Waals surface area contributed by atoms with Gasteiger partial charge in [-0.1, -0.05) is 34.8 Å². The van der Waals surface area contributed by atoms with E-state index in [0.29, 0.717) is 10.4 Å². The summed E-state index contributed by atoms with van der Waals surface area (Å²) in [6.45, 7) is 2.01. The van der Waals surface area contributed by atoms with Crippen molar-refractivity contribution in [1.29, 1.82) is 0 Å². The lowest BCUT2D eigenvalue weighted by atomic mass is 10.2. The second kappa shape index (κ2) is 7.48. The number of nitrogens with zero attached hydrogens (tertiary/aromatic N) is 1. The first-order valence-corrected chi connectivity index (χ1v) is 9.97. The van der Waals surface area contributed by atoms with E-state index in [1.54, 1.807) is 19.1 Å². The van der Waals surface area contributed by atoms with E-state index >= 15 is 0 Å². The van der Waals surface area contributed by atoms with Crippen LogP contribution < -0.4 is 8.92 Å². The Morgan fingerprint density at radius 2 is 1.85 bits per heavy atom. The average molecular weight is 433 g/mol. The second-order valence-corrected chi connectivity index (χ2v) is 7.90. The SMILES string of the molecule is CCOc1ccc(Cl)cc1S(=O)(=O)Oc1c(Cl)cc(Cl)c2cccnc12. The molecule has 0 saturated carbocycles. The van der Waals surface area contributed by atoms with Gasteiger partial charge in [-0.15, -0.1) is 0 Å². The van der Waals surface area contributed by atoms with Crippen LogP contribution in [0.4, 0.5) is 0 Å². The van der Waals surface area contributed by atoms with Crippen LogP contribution in [0, 0.1) is 0 Å². The number of pyridine rings is 1. The number of hydrogen-bond donors (Lipinski definition) is 0. The molecule has 0 atom stereocenters. The van der Waals surface area contributed by atoms with Crippen molar-refractivity contribution < 1.29 is 17.3 Å². The molecule has 26 heavy (non-hydrogen) atoms. The summed E-state index contributed by atoms with van der Waals surface area (Å²) in [7, 11) is -4.29. The maximum atomic E-state index is 12.9. The van der Waals surface area contributed by atoms with Crippen LogP contribution >= 0.6 is 34.8 Å². The first-order chi connectivity index (χ1) is 12.3. The summed E-state index contributed by atoms with van der Waals surface area (Å²) in [5, 5.41) is 1.09. The molecular formula is C17H12Cl3NO4S. The maximum absolute atomic E-state index is 12.9. The molecule has 0 aliphatic carbocycles. The molecule has 0 amide bonds. The van der Waals surface area contributed by atoms with E-state index in [-0.39, 0.29) is 38.6 Å². The summed E-state index contributed by atoms with van der Waals surface area (Å²) in [4.78, 5) is 3.93. The molecule has 0 fully saturated rings. The Balaban J connectivity index is 2.15. The number of aromatic nitrogens is 1. The van der Waals surface area contributed by atoms with Gasteiger partial charge in [-0.25, -0.2) is 0 Å². The van der Waals surface area contributed by atoms with Crippen LogP contribution in [0.25, 0.3) is 10.9 Å². The fraction of sp³-hybridized carbons (Fsp3) is 0.118. The van der Waals surface area contributed by atoms with Crippen LogP contribution in [-0.4, -0.2) is 20.0 Å². The second-order valence-electron chi connectivity index (χ2n) is 5.13. The molecule has 9 heteroatoms. The number of hydrogen-bond acceptors (Lipinski definition) is 5. The van der Waals surface area contributed by atoms with Gasteiger partial charge in [0, 0.05) is 16.6 Å². The number of benzene rings is 2. The standard InChI is InChI=1S/C17H12Cl3NO4S/c1-2-24-14-6-5-10(18)8-15(14)26(22,23)25-17-13(20)9-12(19)11-4-3-7-21-16(11)17/h3-9H,2H2,1H3. The molecule has 3 rings (SSSR count). The van der Waals surface area contributed by atoms with Crippen molar-refractivity contribution in [2.45, 2.75) is 11.8 Å². The molecule has 5 nitrogen and oxygen atoms in total. The van der Waals surface area contributed by atoms with Crippen molar-refractivity contribution in [2.24, 2.45) is 0 Å². The monoisotopic (exact) mass is 431 g/mol. The first-order valence-electron chi connectivity index (χ1n) is 7.43. The summed E-state index contributed by atoms with van der Waals surface area (Å²) in [6, 6.07) is 9.00. The summed E-state index contributed by atoms with van der Waals surface area (Å²) in [6.07, 6.45) is 1.49. The lowest BCUT2D eigenvalue weighted by Crippen LogP contribution is -2.12. The Bertz CT molecular complexity index is 1090. The van der Waals surface area contributed by atoms with Gasteiger partial charge in [-0.2, -0.15) is 8.42 Å². The fourth-order valence-electron chi connectivity index (χ4n) is 2.33. The van der Waals surface area contributed by atoms with Crippen molar-refractivity contribution in [2.75, 3.05) is 6.61 Å². The Morgan fingerprint density at radius 3 is 2.58 bits per heavy atom. The van der Waals surface area contributed by atoms with Crippen LogP contribution in [0.2, 0.25) is 15.1 Å². The van der Waals surface area contributed by atoms with Gasteiger partial charge in [0.25, 0.3) is 0 Å². The molecule has 0 radical (unpaired) electrons. The Hall–Kier alpha value is -1.73. The summed E-state index contributed by atoms with van der Waals surface area (Å²) in [5.74, 6) is 0.00772. The first kappa shape index (κ1) is 19.0. The van der Waals surface area contributed by atoms with E-state index in [1.165, 1.54) is 30.5 Å². The normalized spacial score (nSPS) is 11.5. The molecular weight excluding hydrogens is 421 g/mol. The van der Waals surface area contributed by atoms with Crippen LogP contribution in [0.15, 0.2) is 47.5 Å². The Kier molecular flexibility index (Phi) is 5.48. The van der Waals surface area contributed by atoms with E-state index in [9.17, 15) is 8.42 Å². The van der Waals surface area contributed by atoms with Gasteiger partial charge >= 0.3 is 10.1 Å². The third-order valence-electron chi connectivity index (χ3n) is 3.42. The highest BCUT2D eigenvalue weighted by Gasteiger charge is 2.26. The molecule has 0 unspecified atom stereocenters. The van der Waals surface area contributed by atoms with Crippen molar-refractivity contribution in [3.05, 3.63) is 57.7 Å². The zero-order valence-electron chi connectivity index (χ0n) is 13.4. The molecule has 2 aromatic carbocycles. The summed E-state index contributed by atoms with van der Waals surface area (Å²) >= 11 is 18.2. The van der Waals surface area contributed by atoms with E-state index in [2.05, 4.69) is 4.98 Å². The lowest BCUT2D eigenvalue weighted by molar-refractivity contribution is 0.329. The fourth-order valence-corrected chi connectivity index (χ4v) is 4.29. The molecule has 0 aliphatic rings. The largest absolute Gasteiger partial charge is 0.492 e. The van der Waals surface area contributed by atoms with E-state index in [1.807, 2.05) is 0 Å². The molecule has 0 N–H and O–H groups in total. The minimum atomic E-state index is -4.29. The van der Waals surface area contributed by atoms with Gasteiger partial charge in [0.15, 0.2) is 5.75 Å². The zero-order valence-corrected chi connectivity index (χ0v) is 16.5. The summed E-state index contributed by atoms with van der Waals surface area (Å²) < 4.78 is 36.4. The maximum Gasteiger partial charge on any atom is 0.343 e. The number of ether oxygens (including phenoxy) is 1. The van der Waals surface area contributed by atoms with Crippen LogP contribution in [0.5, 0.6) is 11.5 Å². The molecule has 1 aromatic heterocycles. The minimum absolute atomic E-state index is 0.0183. The number of fused-ring (bicyclic) bond motifs is 1. The highest BCUT2D eigenvalue weighted by atomic mass is 35.5. The van der Waals surface area contributed by atoms with E-state index in [4.69, 9.17) is 43.7 Å². The van der Waals surface area contributed by atoms with Gasteiger partial charge in [0.2, 0.25) is 0 Å². The van der Waals surface area contributed by atoms with Crippen molar-refractivity contribution in [3.8, 4) is 11.5 Å². The predicted molar refractivity (Wildman–Crippen MR) is 102 cm³/mol. The molecule has 0 saturated heterocycles. The third-order valence-corrected chi connectivity index (χ3v) is 5.49. The number of halogens is 3. The lowest BCUT2D eigenvalue weighted by Gasteiger charge is -2.14. The van der Waals surface area contributed by atoms with E-state index in [0.717, 1.165) is 0 Å². The quantitative estimate of drug-likeness (QED) is 0.508. The molecule has 0 aliphatic heterocycles. The van der Waals surface area contributed by atoms with Gasteiger partial charge in [0.1, 0.15) is 16.2 Å². The summed E-state index contributed by atoms with van der Waals surface area (Å²) in [5.41, 5.74) is 0.230. The van der Waals surface area contributed by atoms with Crippen LogP contribution in [-0.2, 0) is 10.1 Å². The zero-order chi connectivity index (χ0) is 18.9. The van der Waals surface area contributed by atoms with Crippen molar-refractivity contribution >= 4 is 55.8 Å². The smallest absolute Gasteiger partial charge is 0.343 e. The average Bonchev–Trinajstić information content (AvgIpc) is 2.60. The predicted octanol–water partition coefficient (Wildman–Crippen LogP) is 5.36. The Labute approximate surface area is 165 Å². The van der Waals surface area contributed by atoms with Gasteiger partial charge in [-0.3, -0.25) is 4.98 Å². The van der Waals surface area contributed by atoms with Gasteiger partial charge < -0.3 is 8.92 Å². The molecule has 0 spiro atoms. The van der Waals surface area contributed by atoms with Crippen molar-refractivity contribution in [3.63, 3.8) is 0 Å². The van der Waals surface area contributed by atoms with Crippen LogP contribution in [0.3, 0.4) is 0 Å². The van der Waals surface area contributed by atoms with E-state index < -0.39 is 10.1 Å². The molecule has 1 heterocycles. The third kappa shape index (κ3) is 3.69. The Morgan fingerprint density at radius 1 is 1.08 bits per heavy atom. The van der Waals surface area contributed by atoms with Crippen LogP contribution in [0.1, 0.15) is 6.92 Å². The molecule has 0 bridgehead atoms. The number of rotatable bonds is 5. The topological polar surface area (TPSA) is 65.5 Å². The van der Waals surface area contributed by atoms with Gasteiger partial charge in [-0.05, 0) is 43.3 Å². The van der Waals surface area contributed by atoms with Gasteiger partial charge in [0.05, 0.1) is 16.7 Å². The molecule has 136 valence electrons.